The van der Waals surface area contributed by atoms with Crippen LogP contribution in [-0.2, 0) is 0 Å². The smallest absolute Gasteiger partial charge is 0.261 e. The molecule has 0 radical (unpaired) electrons. The van der Waals surface area contributed by atoms with Crippen LogP contribution in [0.1, 0.15) is 66.3 Å². The quantitative estimate of drug-likeness (QED) is 0.378. The Hall–Kier alpha value is -3.46. The van der Waals surface area contributed by atoms with Gasteiger partial charge in [0.05, 0.1) is 29.3 Å². The number of nitrogens with one attached hydrogen (secondary N) is 2. The van der Waals surface area contributed by atoms with Crippen molar-refractivity contribution >= 4 is 23.3 Å². The maximum absolute atomic E-state index is 14.9. The number of fused-ring (bicyclic) bond motifs is 2. The summed E-state index contributed by atoms with van der Waals surface area (Å²) in [5, 5.41) is 8.87. The summed E-state index contributed by atoms with van der Waals surface area (Å²) in [6.07, 6.45) is 9.02. The Morgan fingerprint density at radius 3 is 2.77 bits per heavy atom. The maximum atomic E-state index is 14.9. The molecule has 0 bridgehead atoms. The van der Waals surface area contributed by atoms with Crippen molar-refractivity contribution < 1.29 is 13.2 Å². The molecule has 2 atom stereocenters. The van der Waals surface area contributed by atoms with Crippen LogP contribution in [0, 0.1) is 6.92 Å². The van der Waals surface area contributed by atoms with Crippen LogP contribution < -0.4 is 0 Å². The molecule has 4 aliphatic rings. The molecular formula is C31H33F3N6. The van der Waals surface area contributed by atoms with Gasteiger partial charge >= 0.3 is 0 Å². The highest BCUT2D eigenvalue weighted by atomic mass is 19.3. The van der Waals surface area contributed by atoms with Crippen LogP contribution in [0.15, 0.2) is 51.2 Å². The zero-order valence-electron chi connectivity index (χ0n) is 22.6. The van der Waals surface area contributed by atoms with E-state index in [1.807, 2.05) is 18.5 Å². The number of allylic oxidation sites excluding steroid dienone is 1. The first-order valence-corrected chi connectivity index (χ1v) is 14.2. The molecule has 208 valence electrons. The third-order valence-corrected chi connectivity index (χ3v) is 8.93. The first-order chi connectivity index (χ1) is 19.4. The molecule has 2 unspecified atom stereocenters. The summed E-state index contributed by atoms with van der Waals surface area (Å²) in [5.74, 6) is -2.54. The normalized spacial score (nSPS) is 24.6. The fourth-order valence-corrected chi connectivity index (χ4v) is 6.89. The number of alkyl halides is 2. The van der Waals surface area contributed by atoms with Crippen LogP contribution >= 0.6 is 0 Å². The first kappa shape index (κ1) is 25.5. The summed E-state index contributed by atoms with van der Waals surface area (Å²) in [7, 11) is 0. The van der Waals surface area contributed by atoms with E-state index < -0.39 is 5.92 Å². The highest BCUT2D eigenvalue weighted by Crippen LogP contribution is 2.43. The van der Waals surface area contributed by atoms with Crippen LogP contribution in [-0.4, -0.2) is 71.2 Å². The monoisotopic (exact) mass is 546 g/mol. The molecule has 2 N–H and O–H groups in total. The molecule has 2 aromatic heterocycles. The Morgan fingerprint density at radius 2 is 1.95 bits per heavy atom. The van der Waals surface area contributed by atoms with Crippen molar-refractivity contribution in [1.82, 2.24) is 20.1 Å². The lowest BCUT2D eigenvalue weighted by atomic mass is 9.81. The van der Waals surface area contributed by atoms with E-state index in [1.165, 1.54) is 0 Å². The molecule has 6 nitrogen and oxygen atoms in total. The molecule has 0 saturated carbocycles. The van der Waals surface area contributed by atoms with Gasteiger partial charge in [-0.25, -0.2) is 13.2 Å². The Bertz CT molecular complexity index is 1590. The van der Waals surface area contributed by atoms with Crippen LogP contribution in [0.25, 0.3) is 22.3 Å². The summed E-state index contributed by atoms with van der Waals surface area (Å²) in [5.41, 5.74) is 8.83. The zero-order valence-corrected chi connectivity index (χ0v) is 22.6. The third-order valence-electron chi connectivity index (χ3n) is 8.93. The molecule has 0 amide bonds. The summed E-state index contributed by atoms with van der Waals surface area (Å²) in [6, 6.07) is 6.28. The zero-order chi connectivity index (χ0) is 27.4. The summed E-state index contributed by atoms with van der Waals surface area (Å²) >= 11 is 0. The van der Waals surface area contributed by atoms with E-state index in [4.69, 9.17) is 5.10 Å². The van der Waals surface area contributed by atoms with Crippen LogP contribution in [0.4, 0.5) is 13.2 Å². The molecule has 3 aliphatic heterocycles. The molecule has 0 spiro atoms. The fourth-order valence-electron chi connectivity index (χ4n) is 6.89. The molecule has 1 fully saturated rings. The van der Waals surface area contributed by atoms with E-state index in [0.717, 1.165) is 75.1 Å². The number of benzene rings is 1. The van der Waals surface area contributed by atoms with Gasteiger partial charge in [-0.2, -0.15) is 5.10 Å². The Labute approximate surface area is 231 Å². The number of rotatable bonds is 5. The third kappa shape index (κ3) is 4.54. The second kappa shape index (κ2) is 9.87. The van der Waals surface area contributed by atoms with Gasteiger partial charge in [-0.1, -0.05) is 12.1 Å². The standard InChI is InChI=1S/C31H33F3N6/c1-18-28-24(22-4-2-3-5-25(22)32)14-36-15-27(28)37-29(18)30-23-11-20(6-7-26(23)38-39-30)21-10-19(12-35-13-21)16-40-9-8-31(33,34)17-40/h6-7,10-12,15,21,24,37H,2-5,8-9,13-14,16-17H2,1H3,(H,38,39). The minimum atomic E-state index is -2.60. The number of aliphatic imine (C=N–C) groups is 2. The van der Waals surface area contributed by atoms with Crippen molar-refractivity contribution in [3.05, 3.63) is 63.6 Å². The van der Waals surface area contributed by atoms with Gasteiger partial charge in [-0.15, -0.1) is 0 Å². The molecule has 1 saturated heterocycles. The first-order valence-electron chi connectivity index (χ1n) is 14.2. The predicted octanol–water partition coefficient (Wildman–Crippen LogP) is 6.62. The van der Waals surface area contributed by atoms with Crippen molar-refractivity contribution in [2.24, 2.45) is 9.98 Å². The Balaban J connectivity index is 1.21. The van der Waals surface area contributed by atoms with Gasteiger partial charge in [0.1, 0.15) is 5.69 Å². The molecule has 9 heteroatoms. The summed E-state index contributed by atoms with van der Waals surface area (Å²) in [6.45, 7) is 3.99. The van der Waals surface area contributed by atoms with Crippen LogP contribution in [0.2, 0.25) is 0 Å². The van der Waals surface area contributed by atoms with Gasteiger partial charge in [0.25, 0.3) is 5.92 Å². The molecule has 1 aromatic carbocycles. The van der Waals surface area contributed by atoms with Crippen molar-refractivity contribution in [2.45, 2.75) is 56.8 Å². The van der Waals surface area contributed by atoms with E-state index in [-0.39, 0.29) is 30.6 Å². The maximum Gasteiger partial charge on any atom is 0.261 e. The SMILES string of the molecule is Cc1c(-c2n[nH]c3ccc(C4C=C(CN5CCC(F)(F)C5)C=NC4)cc23)[nH]c2c1C(C1=C(F)CCCC1)CN=C2. The molecule has 3 aromatic rings. The number of aromatic amines is 2. The number of nitrogens with zero attached hydrogens (tertiary/aromatic N) is 4. The highest BCUT2D eigenvalue weighted by molar-refractivity contribution is 5.95. The van der Waals surface area contributed by atoms with Gasteiger partial charge in [-0.05, 0) is 72.6 Å². The van der Waals surface area contributed by atoms with Crippen LogP contribution in [0.5, 0.6) is 0 Å². The number of aromatic nitrogens is 3. The second-order valence-electron chi connectivity index (χ2n) is 11.7. The number of likely N-dealkylation sites (tertiary alicyclic amines) is 1. The topological polar surface area (TPSA) is 72.4 Å². The van der Waals surface area contributed by atoms with Crippen molar-refractivity contribution in [2.75, 3.05) is 32.7 Å². The minimum Gasteiger partial charge on any atom is -0.352 e. The van der Waals surface area contributed by atoms with Crippen LogP contribution in [0.3, 0.4) is 0 Å². The molecular weight excluding hydrogens is 513 g/mol. The van der Waals surface area contributed by atoms with Gasteiger partial charge in [0, 0.05) is 62.3 Å². The molecule has 7 rings (SSSR count). The molecule has 40 heavy (non-hydrogen) atoms. The summed E-state index contributed by atoms with van der Waals surface area (Å²) in [4.78, 5) is 14.5. The predicted molar refractivity (Wildman–Crippen MR) is 153 cm³/mol. The highest BCUT2D eigenvalue weighted by Gasteiger charge is 2.38. The Morgan fingerprint density at radius 1 is 1.10 bits per heavy atom. The molecule has 5 heterocycles. The average Bonchev–Trinajstić information content (AvgIpc) is 3.63. The van der Waals surface area contributed by atoms with Gasteiger partial charge < -0.3 is 4.98 Å². The molecule has 1 aliphatic carbocycles. The lowest BCUT2D eigenvalue weighted by Gasteiger charge is -2.26. The van der Waals surface area contributed by atoms with E-state index in [1.54, 1.807) is 4.90 Å². The Kier molecular flexibility index (Phi) is 6.29. The van der Waals surface area contributed by atoms with Crippen molar-refractivity contribution in [1.29, 1.82) is 0 Å². The minimum absolute atomic E-state index is 0.0368. The number of hydrogen-bond acceptors (Lipinski definition) is 4. The number of dihydropyridines is 1. The van der Waals surface area contributed by atoms with E-state index in [9.17, 15) is 13.2 Å². The fraction of sp³-hybridized carbons (Fsp3) is 0.452. The number of hydrogen-bond donors (Lipinski definition) is 2. The summed E-state index contributed by atoms with van der Waals surface area (Å²) < 4.78 is 42.3. The second-order valence-corrected chi connectivity index (χ2v) is 11.7. The van der Waals surface area contributed by atoms with Crippen molar-refractivity contribution in [3.63, 3.8) is 0 Å². The van der Waals surface area contributed by atoms with Gasteiger partial charge in [-0.3, -0.25) is 20.0 Å². The number of halogens is 3. The average molecular weight is 547 g/mol. The number of H-pyrrole nitrogens is 2. The van der Waals surface area contributed by atoms with E-state index >= 15 is 0 Å². The lowest BCUT2D eigenvalue weighted by molar-refractivity contribution is 0.0132. The van der Waals surface area contributed by atoms with Gasteiger partial charge in [0.15, 0.2) is 0 Å². The van der Waals surface area contributed by atoms with E-state index in [0.29, 0.717) is 32.6 Å². The largest absolute Gasteiger partial charge is 0.352 e. The van der Waals surface area contributed by atoms with Gasteiger partial charge in [0.2, 0.25) is 0 Å². The lowest BCUT2D eigenvalue weighted by Crippen LogP contribution is -2.28. The van der Waals surface area contributed by atoms with Crippen molar-refractivity contribution in [3.8, 4) is 11.4 Å². The van der Waals surface area contributed by atoms with E-state index in [2.05, 4.69) is 45.2 Å².